The molecule has 0 aliphatic carbocycles. The predicted molar refractivity (Wildman–Crippen MR) is 78.4 cm³/mol. The highest BCUT2D eigenvalue weighted by molar-refractivity contribution is 14.1. The van der Waals surface area contributed by atoms with Crippen LogP contribution in [0.4, 0.5) is 0 Å². The Morgan fingerprint density at radius 1 is 1.41 bits per heavy atom. The molecule has 0 aliphatic heterocycles. The number of nitrogens with one attached hydrogen (secondary N) is 1. The minimum atomic E-state index is 0.332. The monoisotopic (exact) mass is 341 g/mol. The van der Waals surface area contributed by atoms with E-state index >= 15 is 0 Å². The first kappa shape index (κ1) is 12.6. The van der Waals surface area contributed by atoms with Crippen LogP contribution in [0.3, 0.4) is 0 Å². The second-order valence-corrected chi connectivity index (χ2v) is 5.19. The van der Waals surface area contributed by atoms with Gasteiger partial charge in [-0.2, -0.15) is 5.10 Å². The standard InChI is InChI=1S/C13H16IN3/c1-3-15-10(2)12-6-4-5-7-13(12)17-9-11(14)8-16-17/h4-10,15H,3H2,1-2H3. The first-order valence-electron chi connectivity index (χ1n) is 5.75. The van der Waals surface area contributed by atoms with Gasteiger partial charge in [0.05, 0.1) is 15.5 Å². The number of hydrogen-bond donors (Lipinski definition) is 1. The van der Waals surface area contributed by atoms with Crippen LogP contribution in [0.1, 0.15) is 25.5 Å². The lowest BCUT2D eigenvalue weighted by Crippen LogP contribution is -2.19. The third-order valence-corrected chi connectivity index (χ3v) is 3.27. The van der Waals surface area contributed by atoms with Gasteiger partial charge in [-0.3, -0.25) is 0 Å². The van der Waals surface area contributed by atoms with Crippen molar-refractivity contribution >= 4 is 22.6 Å². The first-order chi connectivity index (χ1) is 8.22. The van der Waals surface area contributed by atoms with Crippen LogP contribution >= 0.6 is 22.6 Å². The lowest BCUT2D eigenvalue weighted by atomic mass is 10.1. The fraction of sp³-hybridized carbons (Fsp3) is 0.308. The molecule has 1 unspecified atom stereocenters. The smallest absolute Gasteiger partial charge is 0.0693 e. The van der Waals surface area contributed by atoms with E-state index in [4.69, 9.17) is 0 Å². The van der Waals surface area contributed by atoms with Crippen molar-refractivity contribution in [3.8, 4) is 5.69 Å². The fourth-order valence-electron chi connectivity index (χ4n) is 1.91. The van der Waals surface area contributed by atoms with E-state index in [9.17, 15) is 0 Å². The third-order valence-electron chi connectivity index (χ3n) is 2.71. The zero-order valence-electron chi connectivity index (χ0n) is 10.0. The Bertz CT molecular complexity index is 493. The molecular formula is C13H16IN3. The van der Waals surface area contributed by atoms with Crippen LogP contribution in [0.5, 0.6) is 0 Å². The van der Waals surface area contributed by atoms with Crippen LogP contribution in [-0.2, 0) is 0 Å². The van der Waals surface area contributed by atoms with E-state index in [0.29, 0.717) is 6.04 Å². The SMILES string of the molecule is CCNC(C)c1ccccc1-n1cc(I)cn1. The summed E-state index contributed by atoms with van der Waals surface area (Å²) in [5.41, 5.74) is 2.41. The average molecular weight is 341 g/mol. The topological polar surface area (TPSA) is 29.9 Å². The summed E-state index contributed by atoms with van der Waals surface area (Å²) in [5.74, 6) is 0. The number of rotatable bonds is 4. The van der Waals surface area contributed by atoms with Gasteiger partial charge >= 0.3 is 0 Å². The maximum atomic E-state index is 4.37. The quantitative estimate of drug-likeness (QED) is 0.866. The highest BCUT2D eigenvalue weighted by atomic mass is 127. The first-order valence-corrected chi connectivity index (χ1v) is 6.83. The van der Waals surface area contributed by atoms with Crippen LogP contribution < -0.4 is 5.32 Å². The van der Waals surface area contributed by atoms with E-state index in [0.717, 1.165) is 15.8 Å². The summed E-state index contributed by atoms with van der Waals surface area (Å²) in [6.07, 6.45) is 3.91. The van der Waals surface area contributed by atoms with Gasteiger partial charge < -0.3 is 5.32 Å². The van der Waals surface area contributed by atoms with Gasteiger partial charge in [0.15, 0.2) is 0 Å². The van der Waals surface area contributed by atoms with Crippen LogP contribution in [0.15, 0.2) is 36.7 Å². The molecule has 0 aliphatic rings. The summed E-state index contributed by atoms with van der Waals surface area (Å²) in [4.78, 5) is 0. The molecule has 1 aromatic heterocycles. The molecule has 17 heavy (non-hydrogen) atoms. The van der Waals surface area contributed by atoms with Gasteiger partial charge in [-0.05, 0) is 47.7 Å². The molecule has 2 rings (SSSR count). The van der Waals surface area contributed by atoms with Crippen molar-refractivity contribution in [3.05, 3.63) is 45.8 Å². The second-order valence-electron chi connectivity index (χ2n) is 3.94. The van der Waals surface area contributed by atoms with Crippen LogP contribution in [-0.4, -0.2) is 16.3 Å². The number of halogens is 1. The van der Waals surface area contributed by atoms with Crippen molar-refractivity contribution in [3.63, 3.8) is 0 Å². The van der Waals surface area contributed by atoms with Crippen LogP contribution in [0.25, 0.3) is 5.69 Å². The van der Waals surface area contributed by atoms with E-state index in [2.05, 4.69) is 65.1 Å². The van der Waals surface area contributed by atoms with Crippen molar-refractivity contribution in [2.75, 3.05) is 6.54 Å². The largest absolute Gasteiger partial charge is 0.310 e. The molecule has 1 aromatic carbocycles. The van der Waals surface area contributed by atoms with Gasteiger partial charge in [0.25, 0.3) is 0 Å². The molecule has 2 aromatic rings. The molecule has 0 spiro atoms. The van der Waals surface area contributed by atoms with E-state index in [-0.39, 0.29) is 0 Å². The van der Waals surface area contributed by atoms with Crippen molar-refractivity contribution in [2.45, 2.75) is 19.9 Å². The zero-order chi connectivity index (χ0) is 12.3. The predicted octanol–water partition coefficient (Wildman–Crippen LogP) is 3.15. The molecule has 0 saturated carbocycles. The van der Waals surface area contributed by atoms with Crippen LogP contribution in [0, 0.1) is 3.57 Å². The molecule has 1 heterocycles. The molecule has 1 N–H and O–H groups in total. The Labute approximate surface area is 115 Å². The fourth-order valence-corrected chi connectivity index (χ4v) is 2.30. The minimum absolute atomic E-state index is 0.332. The lowest BCUT2D eigenvalue weighted by Gasteiger charge is -2.16. The highest BCUT2D eigenvalue weighted by Crippen LogP contribution is 2.21. The van der Waals surface area contributed by atoms with Gasteiger partial charge in [-0.15, -0.1) is 0 Å². The maximum absolute atomic E-state index is 4.37. The summed E-state index contributed by atoms with van der Waals surface area (Å²) in [5, 5.41) is 7.81. The molecule has 3 nitrogen and oxygen atoms in total. The van der Waals surface area contributed by atoms with Gasteiger partial charge in [-0.25, -0.2) is 4.68 Å². The molecule has 0 saturated heterocycles. The van der Waals surface area contributed by atoms with Gasteiger partial charge in [0.2, 0.25) is 0 Å². The van der Waals surface area contributed by atoms with Crippen LogP contribution in [0.2, 0.25) is 0 Å². The number of benzene rings is 1. The van der Waals surface area contributed by atoms with E-state index in [1.54, 1.807) is 0 Å². The summed E-state index contributed by atoms with van der Waals surface area (Å²) in [7, 11) is 0. The van der Waals surface area contributed by atoms with E-state index in [1.807, 2.05) is 23.1 Å². The van der Waals surface area contributed by atoms with Crippen molar-refractivity contribution in [2.24, 2.45) is 0 Å². The highest BCUT2D eigenvalue weighted by Gasteiger charge is 2.10. The molecule has 4 heteroatoms. The van der Waals surface area contributed by atoms with Crippen molar-refractivity contribution in [1.82, 2.24) is 15.1 Å². The Kier molecular flexibility index (Phi) is 4.17. The zero-order valence-corrected chi connectivity index (χ0v) is 12.2. The molecule has 90 valence electrons. The Hall–Kier alpha value is -0.880. The molecule has 0 fully saturated rings. The minimum Gasteiger partial charge on any atom is -0.310 e. The summed E-state index contributed by atoms with van der Waals surface area (Å²) in [6.45, 7) is 5.26. The average Bonchev–Trinajstić information content (AvgIpc) is 2.76. The Morgan fingerprint density at radius 2 is 2.18 bits per heavy atom. The molecular weight excluding hydrogens is 325 g/mol. The van der Waals surface area contributed by atoms with Gasteiger partial charge in [0, 0.05) is 12.2 Å². The molecule has 0 radical (unpaired) electrons. The summed E-state index contributed by atoms with van der Waals surface area (Å²) >= 11 is 2.27. The second kappa shape index (κ2) is 5.64. The summed E-state index contributed by atoms with van der Waals surface area (Å²) in [6, 6.07) is 8.70. The van der Waals surface area contributed by atoms with Crippen molar-refractivity contribution < 1.29 is 0 Å². The van der Waals surface area contributed by atoms with E-state index in [1.165, 1.54) is 5.56 Å². The van der Waals surface area contributed by atoms with Gasteiger partial charge in [-0.1, -0.05) is 25.1 Å². The molecule has 1 atom stereocenters. The number of aromatic nitrogens is 2. The summed E-state index contributed by atoms with van der Waals surface area (Å²) < 4.78 is 3.08. The molecule has 0 amide bonds. The number of hydrogen-bond acceptors (Lipinski definition) is 2. The lowest BCUT2D eigenvalue weighted by molar-refractivity contribution is 0.593. The molecule has 0 bridgehead atoms. The Morgan fingerprint density at radius 3 is 2.82 bits per heavy atom. The maximum Gasteiger partial charge on any atom is 0.0693 e. The normalized spacial score (nSPS) is 12.6. The number of nitrogens with zero attached hydrogens (tertiary/aromatic N) is 2. The van der Waals surface area contributed by atoms with E-state index < -0.39 is 0 Å². The van der Waals surface area contributed by atoms with Crippen molar-refractivity contribution in [1.29, 1.82) is 0 Å². The van der Waals surface area contributed by atoms with Gasteiger partial charge in [0.1, 0.15) is 0 Å². The Balaban J connectivity index is 2.40. The number of para-hydroxylation sites is 1. The third kappa shape index (κ3) is 2.87.